The number of thioether (sulfide) groups is 1. The van der Waals surface area contributed by atoms with E-state index in [4.69, 9.17) is 9.47 Å². The lowest BCUT2D eigenvalue weighted by Gasteiger charge is -2.17. The van der Waals surface area contributed by atoms with Crippen molar-refractivity contribution >= 4 is 40.4 Å². The molecule has 9 nitrogen and oxygen atoms in total. The van der Waals surface area contributed by atoms with E-state index in [1.807, 2.05) is 30.3 Å². The molecule has 178 valence electrons. The summed E-state index contributed by atoms with van der Waals surface area (Å²) < 4.78 is 9.96. The Morgan fingerprint density at radius 1 is 1.03 bits per heavy atom. The minimum absolute atomic E-state index is 0.0331. The third-order valence-corrected chi connectivity index (χ3v) is 6.25. The number of nitrogens with one attached hydrogen (secondary N) is 2. The summed E-state index contributed by atoms with van der Waals surface area (Å²) in [6.07, 6.45) is 0. The number of carbonyl (C=O) groups is 2. The number of carbonyl (C=O) groups excluding carboxylic acids is 2. The smallest absolute Gasteiger partial charge is 0.338 e. The highest BCUT2D eigenvalue weighted by Gasteiger charge is 2.25. The number of anilines is 1. The van der Waals surface area contributed by atoms with E-state index >= 15 is 0 Å². The van der Waals surface area contributed by atoms with E-state index in [9.17, 15) is 14.4 Å². The second kappa shape index (κ2) is 10.4. The maximum absolute atomic E-state index is 13.3. The van der Waals surface area contributed by atoms with Gasteiger partial charge in [0.15, 0.2) is 10.8 Å². The highest BCUT2D eigenvalue weighted by atomic mass is 32.2. The van der Waals surface area contributed by atoms with Crippen LogP contribution in [0.4, 0.5) is 5.69 Å². The first-order valence-corrected chi connectivity index (χ1v) is 11.4. The number of fused-ring (bicyclic) bond motifs is 1. The molecule has 2 aromatic carbocycles. The number of rotatable bonds is 7. The first-order chi connectivity index (χ1) is 16.9. The summed E-state index contributed by atoms with van der Waals surface area (Å²) in [6, 6.07) is 17.6. The van der Waals surface area contributed by atoms with Crippen LogP contribution in [0.3, 0.4) is 0 Å². The number of aryl methyl sites for hydroxylation is 1. The Balaban J connectivity index is 1.71. The van der Waals surface area contributed by atoms with Crippen molar-refractivity contribution in [3.8, 4) is 5.75 Å². The van der Waals surface area contributed by atoms with Gasteiger partial charge in [0.05, 0.1) is 25.2 Å². The molecule has 0 aliphatic carbocycles. The second-order valence-corrected chi connectivity index (χ2v) is 8.59. The van der Waals surface area contributed by atoms with E-state index in [-0.39, 0.29) is 27.7 Å². The van der Waals surface area contributed by atoms with Crippen LogP contribution in [0, 0.1) is 6.92 Å². The summed E-state index contributed by atoms with van der Waals surface area (Å²) in [5.74, 6) is -0.292. The normalized spacial score (nSPS) is 11.6. The van der Waals surface area contributed by atoms with Gasteiger partial charge in [0.2, 0.25) is 5.91 Å². The first-order valence-electron chi connectivity index (χ1n) is 10.6. The van der Waals surface area contributed by atoms with Gasteiger partial charge in [-0.25, -0.2) is 14.8 Å². The third-order valence-electron chi connectivity index (χ3n) is 5.12. The Morgan fingerprint density at radius 2 is 1.74 bits per heavy atom. The molecule has 2 heterocycles. The number of hydrogen-bond donors (Lipinski definition) is 2. The number of aromatic amines is 1. The fraction of sp³-hybridized carbons (Fsp3) is 0.160. The van der Waals surface area contributed by atoms with Gasteiger partial charge in [-0.05, 0) is 42.8 Å². The number of amides is 1. The number of hydrogen-bond acceptors (Lipinski definition) is 8. The average molecular weight is 491 g/mol. The third kappa shape index (κ3) is 5.33. The van der Waals surface area contributed by atoms with Crippen molar-refractivity contribution in [1.29, 1.82) is 0 Å². The number of nitrogens with zero attached hydrogens (tertiary/aromatic N) is 2. The van der Waals surface area contributed by atoms with Crippen molar-refractivity contribution in [2.75, 3.05) is 19.5 Å². The van der Waals surface area contributed by atoms with Crippen LogP contribution < -0.4 is 15.6 Å². The minimum atomic E-state index is -0.733. The summed E-state index contributed by atoms with van der Waals surface area (Å²) in [7, 11) is 2.80. The molecule has 0 saturated heterocycles. The predicted molar refractivity (Wildman–Crippen MR) is 133 cm³/mol. The van der Waals surface area contributed by atoms with Crippen molar-refractivity contribution in [3.05, 3.63) is 87.8 Å². The zero-order chi connectivity index (χ0) is 24.9. The monoisotopic (exact) mass is 490 g/mol. The lowest BCUT2D eigenvalue weighted by atomic mass is 10.1. The number of esters is 1. The Morgan fingerprint density at radius 3 is 2.40 bits per heavy atom. The van der Waals surface area contributed by atoms with E-state index in [0.717, 1.165) is 17.3 Å². The Kier molecular flexibility index (Phi) is 7.11. The van der Waals surface area contributed by atoms with Crippen LogP contribution >= 0.6 is 11.8 Å². The van der Waals surface area contributed by atoms with E-state index in [1.54, 1.807) is 38.3 Å². The molecule has 0 radical (unpaired) electrons. The fourth-order valence-electron chi connectivity index (χ4n) is 3.47. The van der Waals surface area contributed by atoms with Gasteiger partial charge in [-0.15, -0.1) is 0 Å². The number of methoxy groups -OCH3 is 2. The summed E-state index contributed by atoms with van der Waals surface area (Å²) in [4.78, 5) is 49.8. The van der Waals surface area contributed by atoms with Crippen molar-refractivity contribution in [3.63, 3.8) is 0 Å². The highest BCUT2D eigenvalue weighted by molar-refractivity contribution is 8.00. The summed E-state index contributed by atoms with van der Waals surface area (Å²) in [5.41, 5.74) is 1.45. The summed E-state index contributed by atoms with van der Waals surface area (Å²) >= 11 is 1.07. The number of aromatic nitrogens is 3. The van der Waals surface area contributed by atoms with Gasteiger partial charge >= 0.3 is 5.97 Å². The number of benzene rings is 2. The molecule has 4 rings (SSSR count). The molecule has 0 aliphatic heterocycles. The zero-order valence-electron chi connectivity index (χ0n) is 19.2. The minimum Gasteiger partial charge on any atom is -0.497 e. The van der Waals surface area contributed by atoms with Crippen LogP contribution in [0.5, 0.6) is 5.75 Å². The standard InChI is InChI=1S/C25H22N4O5S/c1-14-13-18(24(32)34-3)19-21(26-14)28-25(29-22(19)30)35-20(15-7-5-4-6-8-15)23(31)27-16-9-11-17(33-2)12-10-16/h4-13,20H,1-3H3,(H,27,31)(H,26,28,29,30). The van der Waals surface area contributed by atoms with Gasteiger partial charge < -0.3 is 19.8 Å². The largest absolute Gasteiger partial charge is 0.497 e. The maximum atomic E-state index is 13.3. The SMILES string of the molecule is COC(=O)c1cc(C)nc2nc(SC(C(=O)Nc3ccc(OC)cc3)c3ccccc3)[nH]c(=O)c12. The lowest BCUT2D eigenvalue weighted by molar-refractivity contribution is -0.115. The number of ether oxygens (including phenoxy) is 2. The molecule has 1 amide bonds. The van der Waals surface area contributed by atoms with Crippen LogP contribution in [0.15, 0.2) is 70.6 Å². The van der Waals surface area contributed by atoms with Crippen LogP contribution in [0.25, 0.3) is 11.0 Å². The quantitative estimate of drug-likeness (QED) is 0.227. The molecule has 1 atom stereocenters. The van der Waals surface area contributed by atoms with Crippen LogP contribution in [-0.4, -0.2) is 41.0 Å². The topological polar surface area (TPSA) is 123 Å². The average Bonchev–Trinajstić information content (AvgIpc) is 2.87. The van der Waals surface area contributed by atoms with E-state index in [2.05, 4.69) is 20.3 Å². The molecular formula is C25H22N4O5S. The van der Waals surface area contributed by atoms with E-state index in [0.29, 0.717) is 17.1 Å². The van der Waals surface area contributed by atoms with Gasteiger partial charge in [-0.3, -0.25) is 9.59 Å². The molecule has 4 aromatic rings. The molecule has 10 heteroatoms. The van der Waals surface area contributed by atoms with Crippen LogP contribution in [0.1, 0.15) is 26.9 Å². The molecule has 2 aromatic heterocycles. The molecule has 1 unspecified atom stereocenters. The molecular weight excluding hydrogens is 468 g/mol. The molecule has 0 spiro atoms. The summed E-state index contributed by atoms with van der Waals surface area (Å²) in [5, 5.41) is 2.38. The molecule has 2 N–H and O–H groups in total. The van der Waals surface area contributed by atoms with E-state index in [1.165, 1.54) is 13.2 Å². The Labute approximate surface area is 204 Å². The van der Waals surface area contributed by atoms with Crippen molar-refractivity contribution in [1.82, 2.24) is 15.0 Å². The summed E-state index contributed by atoms with van der Waals surface area (Å²) in [6.45, 7) is 1.69. The van der Waals surface area contributed by atoms with Crippen molar-refractivity contribution < 1.29 is 19.1 Å². The van der Waals surface area contributed by atoms with Gasteiger partial charge in [-0.2, -0.15) is 0 Å². The number of pyridine rings is 1. The highest BCUT2D eigenvalue weighted by Crippen LogP contribution is 2.34. The first kappa shape index (κ1) is 24.0. The van der Waals surface area contributed by atoms with Crippen molar-refractivity contribution in [2.24, 2.45) is 0 Å². The zero-order valence-corrected chi connectivity index (χ0v) is 20.0. The van der Waals surface area contributed by atoms with Crippen LogP contribution in [0.2, 0.25) is 0 Å². The molecule has 0 saturated carbocycles. The fourth-order valence-corrected chi connectivity index (χ4v) is 4.44. The molecule has 0 aliphatic rings. The van der Waals surface area contributed by atoms with Crippen LogP contribution in [-0.2, 0) is 9.53 Å². The lowest BCUT2D eigenvalue weighted by Crippen LogP contribution is -2.20. The number of H-pyrrole nitrogens is 1. The predicted octanol–water partition coefficient (Wildman–Crippen LogP) is 3.89. The maximum Gasteiger partial charge on any atom is 0.338 e. The molecule has 0 bridgehead atoms. The van der Waals surface area contributed by atoms with Gasteiger partial charge in [0.1, 0.15) is 11.0 Å². The van der Waals surface area contributed by atoms with Gasteiger partial charge in [0, 0.05) is 11.4 Å². The van der Waals surface area contributed by atoms with E-state index < -0.39 is 16.8 Å². The molecule has 0 fully saturated rings. The second-order valence-electron chi connectivity index (χ2n) is 7.50. The molecule has 35 heavy (non-hydrogen) atoms. The van der Waals surface area contributed by atoms with Crippen molar-refractivity contribution in [2.45, 2.75) is 17.3 Å². The Bertz CT molecular complexity index is 1440. The van der Waals surface area contributed by atoms with Gasteiger partial charge in [-0.1, -0.05) is 42.1 Å². The van der Waals surface area contributed by atoms with Gasteiger partial charge in [0.25, 0.3) is 5.56 Å². The Hall–Kier alpha value is -4.18.